The predicted octanol–water partition coefficient (Wildman–Crippen LogP) is 2.19. The molecule has 174 valence electrons. The summed E-state index contributed by atoms with van der Waals surface area (Å²) in [5.41, 5.74) is 2.58. The van der Waals surface area contributed by atoms with Crippen LogP contribution in [0.4, 0.5) is 17.5 Å². The highest BCUT2D eigenvalue weighted by Crippen LogP contribution is 2.30. The first-order chi connectivity index (χ1) is 16.0. The monoisotopic (exact) mass is 451 g/mol. The Balaban J connectivity index is 1.54. The van der Waals surface area contributed by atoms with Crippen LogP contribution in [0.2, 0.25) is 0 Å². The number of methoxy groups -OCH3 is 1. The standard InChI is InChI=1S/C22H29N9O2/c1-14(2)18-12-31(6-5-23-18)22-27-10-17(29-30-22)21-19(33-13-32-4)7-16(9-26-21)28-20-11-24-15(3)8-25-20/h7-11,14,18,23H,5-6,12-13H2,1-4H3,(H,25,28). The average Bonchev–Trinajstić information content (AvgIpc) is 2.84. The number of anilines is 3. The van der Waals surface area contributed by atoms with E-state index in [1.165, 1.54) is 0 Å². The third kappa shape index (κ3) is 5.68. The van der Waals surface area contributed by atoms with Crippen molar-refractivity contribution in [2.75, 3.05) is 43.8 Å². The summed E-state index contributed by atoms with van der Waals surface area (Å²) in [4.78, 5) is 19.8. The van der Waals surface area contributed by atoms with Crippen molar-refractivity contribution in [2.24, 2.45) is 5.92 Å². The van der Waals surface area contributed by atoms with Gasteiger partial charge in [0.1, 0.15) is 17.2 Å². The first-order valence-electron chi connectivity index (χ1n) is 10.9. The summed E-state index contributed by atoms with van der Waals surface area (Å²) in [5.74, 6) is 2.24. The summed E-state index contributed by atoms with van der Waals surface area (Å²) in [5, 5.41) is 15.5. The van der Waals surface area contributed by atoms with Crippen LogP contribution in [0, 0.1) is 12.8 Å². The molecule has 0 spiro atoms. The number of ether oxygens (including phenoxy) is 2. The number of nitrogens with zero attached hydrogens (tertiary/aromatic N) is 7. The molecule has 3 aromatic heterocycles. The molecule has 0 aromatic carbocycles. The van der Waals surface area contributed by atoms with E-state index in [1.54, 1.807) is 31.9 Å². The molecule has 0 saturated carbocycles. The minimum Gasteiger partial charge on any atom is -0.465 e. The Labute approximate surface area is 193 Å². The highest BCUT2D eigenvalue weighted by molar-refractivity contribution is 5.67. The molecular formula is C22H29N9O2. The van der Waals surface area contributed by atoms with Crippen LogP contribution >= 0.6 is 0 Å². The van der Waals surface area contributed by atoms with E-state index >= 15 is 0 Å². The van der Waals surface area contributed by atoms with Crippen LogP contribution in [-0.4, -0.2) is 69.7 Å². The third-order valence-corrected chi connectivity index (χ3v) is 5.32. The number of piperazine rings is 1. The second-order valence-electron chi connectivity index (χ2n) is 8.18. The maximum absolute atomic E-state index is 5.75. The van der Waals surface area contributed by atoms with Crippen molar-refractivity contribution in [3.05, 3.63) is 36.5 Å². The molecule has 4 rings (SSSR count). The lowest BCUT2D eigenvalue weighted by Crippen LogP contribution is -2.53. The van der Waals surface area contributed by atoms with E-state index in [0.717, 1.165) is 25.3 Å². The van der Waals surface area contributed by atoms with Crippen LogP contribution < -0.4 is 20.3 Å². The van der Waals surface area contributed by atoms with Crippen molar-refractivity contribution < 1.29 is 9.47 Å². The molecule has 11 nitrogen and oxygen atoms in total. The summed E-state index contributed by atoms with van der Waals surface area (Å²) >= 11 is 0. The van der Waals surface area contributed by atoms with E-state index in [0.29, 0.717) is 46.6 Å². The molecule has 0 aliphatic carbocycles. The predicted molar refractivity (Wildman–Crippen MR) is 124 cm³/mol. The Morgan fingerprint density at radius 2 is 2.00 bits per heavy atom. The lowest BCUT2D eigenvalue weighted by molar-refractivity contribution is 0.0513. The Bertz CT molecular complexity index is 1040. The molecular weight excluding hydrogens is 422 g/mol. The Kier molecular flexibility index (Phi) is 7.20. The first kappa shape index (κ1) is 22.7. The van der Waals surface area contributed by atoms with E-state index in [4.69, 9.17) is 9.47 Å². The van der Waals surface area contributed by atoms with Crippen molar-refractivity contribution in [3.63, 3.8) is 0 Å². The highest BCUT2D eigenvalue weighted by atomic mass is 16.7. The van der Waals surface area contributed by atoms with E-state index in [2.05, 4.69) is 59.5 Å². The number of pyridine rings is 1. The van der Waals surface area contributed by atoms with Crippen molar-refractivity contribution in [2.45, 2.75) is 26.8 Å². The van der Waals surface area contributed by atoms with E-state index < -0.39 is 0 Å². The second-order valence-corrected chi connectivity index (χ2v) is 8.18. The normalized spacial score (nSPS) is 16.2. The van der Waals surface area contributed by atoms with Gasteiger partial charge in [-0.25, -0.2) is 15.0 Å². The zero-order valence-corrected chi connectivity index (χ0v) is 19.3. The van der Waals surface area contributed by atoms with Gasteiger partial charge in [0.15, 0.2) is 12.5 Å². The minimum atomic E-state index is 0.0682. The fourth-order valence-electron chi connectivity index (χ4n) is 3.47. The van der Waals surface area contributed by atoms with Gasteiger partial charge in [0, 0.05) is 38.9 Å². The summed E-state index contributed by atoms with van der Waals surface area (Å²) in [6, 6.07) is 2.21. The molecule has 1 aliphatic rings. The molecule has 0 amide bonds. The fraction of sp³-hybridized carbons (Fsp3) is 0.455. The lowest BCUT2D eigenvalue weighted by Gasteiger charge is -2.35. The van der Waals surface area contributed by atoms with Crippen molar-refractivity contribution in [1.82, 2.24) is 35.5 Å². The Morgan fingerprint density at radius 1 is 1.12 bits per heavy atom. The second kappa shape index (κ2) is 10.5. The topological polar surface area (TPSA) is 123 Å². The van der Waals surface area contributed by atoms with Crippen molar-refractivity contribution in [3.8, 4) is 17.1 Å². The molecule has 1 unspecified atom stereocenters. The molecule has 1 atom stereocenters. The summed E-state index contributed by atoms with van der Waals surface area (Å²) in [7, 11) is 1.56. The van der Waals surface area contributed by atoms with Gasteiger partial charge in [0.05, 0.1) is 36.2 Å². The summed E-state index contributed by atoms with van der Waals surface area (Å²) in [6.45, 7) is 8.95. The lowest BCUT2D eigenvalue weighted by atomic mass is 10.0. The van der Waals surface area contributed by atoms with Gasteiger partial charge in [-0.1, -0.05) is 13.8 Å². The summed E-state index contributed by atoms with van der Waals surface area (Å²) < 4.78 is 10.8. The molecule has 1 saturated heterocycles. The van der Waals surface area contributed by atoms with Crippen molar-refractivity contribution in [1.29, 1.82) is 0 Å². The molecule has 2 N–H and O–H groups in total. The first-order valence-corrected chi connectivity index (χ1v) is 10.9. The van der Waals surface area contributed by atoms with Gasteiger partial charge in [0.2, 0.25) is 5.95 Å². The average molecular weight is 452 g/mol. The molecule has 1 aliphatic heterocycles. The van der Waals surface area contributed by atoms with Gasteiger partial charge in [-0.05, 0) is 12.8 Å². The van der Waals surface area contributed by atoms with Gasteiger partial charge in [-0.15, -0.1) is 10.2 Å². The van der Waals surface area contributed by atoms with Crippen LogP contribution in [0.15, 0.2) is 30.9 Å². The largest absolute Gasteiger partial charge is 0.465 e. The molecule has 0 radical (unpaired) electrons. The van der Waals surface area contributed by atoms with Crippen LogP contribution in [0.25, 0.3) is 11.4 Å². The number of aryl methyl sites for hydroxylation is 1. The molecule has 0 bridgehead atoms. The zero-order valence-electron chi connectivity index (χ0n) is 19.3. The van der Waals surface area contributed by atoms with Crippen LogP contribution in [-0.2, 0) is 4.74 Å². The third-order valence-electron chi connectivity index (χ3n) is 5.32. The van der Waals surface area contributed by atoms with Crippen LogP contribution in [0.5, 0.6) is 5.75 Å². The smallest absolute Gasteiger partial charge is 0.245 e. The molecule has 11 heteroatoms. The maximum atomic E-state index is 5.75. The van der Waals surface area contributed by atoms with E-state index in [1.807, 2.05) is 13.0 Å². The van der Waals surface area contributed by atoms with Gasteiger partial charge in [-0.3, -0.25) is 4.98 Å². The van der Waals surface area contributed by atoms with Gasteiger partial charge >= 0.3 is 0 Å². The maximum Gasteiger partial charge on any atom is 0.245 e. The SMILES string of the molecule is COCOc1cc(Nc2cnc(C)cn2)cnc1-c1cnc(N2CCNC(C(C)C)C2)nn1. The molecule has 1 fully saturated rings. The number of hydrogen-bond donors (Lipinski definition) is 2. The number of hydrogen-bond acceptors (Lipinski definition) is 11. The van der Waals surface area contributed by atoms with Crippen molar-refractivity contribution >= 4 is 17.5 Å². The van der Waals surface area contributed by atoms with Gasteiger partial charge in [-0.2, -0.15) is 0 Å². The Morgan fingerprint density at radius 3 is 2.70 bits per heavy atom. The van der Waals surface area contributed by atoms with Crippen LogP contribution in [0.3, 0.4) is 0 Å². The van der Waals surface area contributed by atoms with Crippen LogP contribution in [0.1, 0.15) is 19.5 Å². The number of nitrogens with one attached hydrogen (secondary N) is 2. The van der Waals surface area contributed by atoms with Gasteiger partial charge in [0.25, 0.3) is 0 Å². The number of aromatic nitrogens is 6. The van der Waals surface area contributed by atoms with Gasteiger partial charge < -0.3 is 25.0 Å². The zero-order chi connectivity index (χ0) is 23.2. The van der Waals surface area contributed by atoms with E-state index in [9.17, 15) is 0 Å². The number of rotatable bonds is 8. The highest BCUT2D eigenvalue weighted by Gasteiger charge is 2.24. The Hall–Kier alpha value is -3.44. The molecule has 33 heavy (non-hydrogen) atoms. The summed E-state index contributed by atoms with van der Waals surface area (Å²) in [6.07, 6.45) is 6.70. The quantitative estimate of drug-likeness (QED) is 0.490. The minimum absolute atomic E-state index is 0.0682. The van der Waals surface area contributed by atoms with E-state index in [-0.39, 0.29) is 6.79 Å². The molecule has 3 aromatic rings. The fourth-order valence-corrected chi connectivity index (χ4v) is 3.47. The molecule has 4 heterocycles.